The summed E-state index contributed by atoms with van der Waals surface area (Å²) in [5, 5.41) is 12.9. The molecule has 0 saturated heterocycles. The molecule has 0 bridgehead atoms. The number of hydrogen-bond donors (Lipinski definition) is 2. The fourth-order valence-electron chi connectivity index (χ4n) is 1.39. The van der Waals surface area contributed by atoms with Crippen molar-refractivity contribution in [2.24, 2.45) is 0 Å². The van der Waals surface area contributed by atoms with Crippen LogP contribution in [0, 0.1) is 0 Å². The van der Waals surface area contributed by atoms with Gasteiger partial charge in [-0.15, -0.1) is 0 Å². The summed E-state index contributed by atoms with van der Waals surface area (Å²) in [6.45, 7) is 1.37. The van der Waals surface area contributed by atoms with Crippen LogP contribution in [0.4, 0.5) is 5.69 Å². The topological polar surface area (TPSA) is 87.7 Å². The minimum atomic E-state index is -0.344. The Morgan fingerprint density at radius 3 is 2.94 bits per heavy atom. The second-order valence-corrected chi connectivity index (χ2v) is 3.42. The van der Waals surface area contributed by atoms with Crippen molar-refractivity contribution in [3.8, 4) is 0 Å². The van der Waals surface area contributed by atoms with Crippen molar-refractivity contribution in [2.45, 2.75) is 13.3 Å². The van der Waals surface area contributed by atoms with E-state index in [0.29, 0.717) is 16.7 Å². The number of aromatic amines is 1. The van der Waals surface area contributed by atoms with Gasteiger partial charge in [-0.1, -0.05) is 6.07 Å². The van der Waals surface area contributed by atoms with E-state index in [4.69, 9.17) is 0 Å². The van der Waals surface area contributed by atoms with E-state index in [-0.39, 0.29) is 18.1 Å². The first-order chi connectivity index (χ1) is 7.66. The van der Waals surface area contributed by atoms with Crippen molar-refractivity contribution in [3.05, 3.63) is 18.2 Å². The van der Waals surface area contributed by atoms with Gasteiger partial charge in [0.2, 0.25) is 5.91 Å². The van der Waals surface area contributed by atoms with Crippen molar-refractivity contribution in [1.29, 1.82) is 0 Å². The number of anilines is 1. The van der Waals surface area contributed by atoms with Gasteiger partial charge in [-0.3, -0.25) is 9.59 Å². The molecule has 82 valence electrons. The number of H-pyrrole nitrogens is 1. The Kier molecular flexibility index (Phi) is 2.63. The second kappa shape index (κ2) is 4.09. The Bertz CT molecular complexity index is 546. The fourth-order valence-corrected chi connectivity index (χ4v) is 1.39. The number of rotatable bonds is 3. The van der Waals surface area contributed by atoms with Crippen LogP contribution in [0.1, 0.15) is 13.3 Å². The van der Waals surface area contributed by atoms with Crippen LogP contribution in [0.3, 0.4) is 0 Å². The Labute approximate surface area is 91.0 Å². The highest BCUT2D eigenvalue weighted by Crippen LogP contribution is 2.18. The number of nitrogens with zero attached hydrogens (tertiary/aromatic N) is 2. The zero-order valence-corrected chi connectivity index (χ0v) is 8.65. The lowest BCUT2D eigenvalue weighted by Gasteiger charge is -2.03. The molecule has 2 rings (SSSR count). The van der Waals surface area contributed by atoms with E-state index in [2.05, 4.69) is 20.7 Å². The lowest BCUT2D eigenvalue weighted by atomic mass is 10.2. The molecule has 6 heteroatoms. The highest BCUT2D eigenvalue weighted by Gasteiger charge is 2.09. The van der Waals surface area contributed by atoms with Crippen molar-refractivity contribution in [3.63, 3.8) is 0 Å². The van der Waals surface area contributed by atoms with Crippen LogP contribution in [0.5, 0.6) is 0 Å². The number of Topliss-reactive ketones (excluding diaryl/α,β-unsaturated/α-hetero) is 1. The lowest BCUT2D eigenvalue weighted by molar-refractivity contribution is -0.124. The zero-order chi connectivity index (χ0) is 11.5. The van der Waals surface area contributed by atoms with Crippen LogP contribution in [0.2, 0.25) is 0 Å². The van der Waals surface area contributed by atoms with E-state index in [0.717, 1.165) is 0 Å². The van der Waals surface area contributed by atoms with Gasteiger partial charge in [-0.2, -0.15) is 15.4 Å². The molecule has 0 aliphatic rings. The van der Waals surface area contributed by atoms with Crippen LogP contribution in [-0.4, -0.2) is 27.1 Å². The summed E-state index contributed by atoms with van der Waals surface area (Å²) in [6, 6.07) is 5.25. The average molecular weight is 218 g/mol. The van der Waals surface area contributed by atoms with Crippen molar-refractivity contribution >= 4 is 28.4 Å². The van der Waals surface area contributed by atoms with E-state index in [1.165, 1.54) is 6.92 Å². The molecule has 0 radical (unpaired) electrons. The van der Waals surface area contributed by atoms with Crippen LogP contribution >= 0.6 is 0 Å². The average Bonchev–Trinajstić information content (AvgIpc) is 2.65. The number of para-hydroxylation sites is 1. The second-order valence-electron chi connectivity index (χ2n) is 3.42. The number of nitrogens with one attached hydrogen (secondary N) is 2. The summed E-state index contributed by atoms with van der Waals surface area (Å²) in [6.07, 6.45) is -0.131. The summed E-state index contributed by atoms with van der Waals surface area (Å²) < 4.78 is 0. The zero-order valence-electron chi connectivity index (χ0n) is 8.65. The van der Waals surface area contributed by atoms with Crippen molar-refractivity contribution in [2.75, 3.05) is 5.32 Å². The molecule has 0 fully saturated rings. The molecule has 2 N–H and O–H groups in total. The number of ketones is 1. The number of amides is 1. The van der Waals surface area contributed by atoms with Crippen molar-refractivity contribution in [1.82, 2.24) is 15.4 Å². The molecule has 0 unspecified atom stereocenters. The molecule has 1 aromatic heterocycles. The number of hydrogen-bond acceptors (Lipinski definition) is 4. The van der Waals surface area contributed by atoms with Gasteiger partial charge in [0.05, 0.1) is 12.1 Å². The quantitative estimate of drug-likeness (QED) is 0.748. The summed E-state index contributed by atoms with van der Waals surface area (Å²) in [5.74, 6) is -0.521. The van der Waals surface area contributed by atoms with Gasteiger partial charge < -0.3 is 5.32 Å². The van der Waals surface area contributed by atoms with Gasteiger partial charge in [0.15, 0.2) is 0 Å². The first-order valence-corrected chi connectivity index (χ1v) is 4.75. The van der Waals surface area contributed by atoms with Gasteiger partial charge in [0, 0.05) is 0 Å². The van der Waals surface area contributed by atoms with Crippen LogP contribution in [-0.2, 0) is 9.59 Å². The van der Waals surface area contributed by atoms with Crippen LogP contribution in [0.15, 0.2) is 18.2 Å². The molecule has 1 heterocycles. The standard InChI is InChI=1S/C10H10N4O2/c1-6(15)5-9(16)11-7-3-2-4-8-10(7)13-14-12-8/h2-4H,5H2,1H3,(H,11,16)(H,12,13,14). The first kappa shape index (κ1) is 10.3. The van der Waals surface area contributed by atoms with Gasteiger partial charge in [-0.25, -0.2) is 0 Å². The molecule has 0 saturated carbocycles. The molecule has 2 aromatic rings. The van der Waals surface area contributed by atoms with E-state index in [1.807, 2.05) is 0 Å². The van der Waals surface area contributed by atoms with Crippen molar-refractivity contribution < 1.29 is 9.59 Å². The molecule has 0 spiro atoms. The van der Waals surface area contributed by atoms with E-state index in [9.17, 15) is 9.59 Å². The Balaban J connectivity index is 2.24. The highest BCUT2D eigenvalue weighted by atomic mass is 16.2. The molecule has 16 heavy (non-hydrogen) atoms. The predicted octanol–water partition coefficient (Wildman–Crippen LogP) is 0.875. The summed E-state index contributed by atoms with van der Waals surface area (Å²) >= 11 is 0. The lowest BCUT2D eigenvalue weighted by Crippen LogP contribution is -2.14. The van der Waals surface area contributed by atoms with E-state index in [1.54, 1.807) is 18.2 Å². The number of benzene rings is 1. The predicted molar refractivity (Wildman–Crippen MR) is 57.8 cm³/mol. The maximum atomic E-state index is 11.4. The van der Waals surface area contributed by atoms with Gasteiger partial charge in [-0.05, 0) is 19.1 Å². The van der Waals surface area contributed by atoms with Crippen LogP contribution < -0.4 is 5.32 Å². The summed E-state index contributed by atoms with van der Waals surface area (Å²) in [5.41, 5.74) is 1.80. The van der Waals surface area contributed by atoms with E-state index >= 15 is 0 Å². The Morgan fingerprint density at radius 1 is 1.38 bits per heavy atom. The maximum Gasteiger partial charge on any atom is 0.231 e. The van der Waals surface area contributed by atoms with Gasteiger partial charge >= 0.3 is 0 Å². The highest BCUT2D eigenvalue weighted by molar-refractivity contribution is 6.06. The Hall–Kier alpha value is -2.24. The SMILES string of the molecule is CC(=O)CC(=O)Nc1cccc2n[nH]nc12. The van der Waals surface area contributed by atoms with Crippen LogP contribution in [0.25, 0.3) is 11.0 Å². The number of carbonyl (C=O) groups excluding carboxylic acids is 2. The smallest absolute Gasteiger partial charge is 0.231 e. The molecule has 0 aliphatic heterocycles. The molecule has 0 atom stereocenters. The fraction of sp³-hybridized carbons (Fsp3) is 0.200. The third-order valence-electron chi connectivity index (χ3n) is 2.03. The molecular formula is C10H10N4O2. The first-order valence-electron chi connectivity index (χ1n) is 4.75. The van der Waals surface area contributed by atoms with E-state index < -0.39 is 0 Å². The Morgan fingerprint density at radius 2 is 2.19 bits per heavy atom. The molecule has 0 aliphatic carbocycles. The minimum Gasteiger partial charge on any atom is -0.324 e. The van der Waals surface area contributed by atoms with Gasteiger partial charge in [0.1, 0.15) is 16.8 Å². The largest absolute Gasteiger partial charge is 0.324 e. The molecular weight excluding hydrogens is 208 g/mol. The number of carbonyl (C=O) groups is 2. The number of aromatic nitrogens is 3. The minimum absolute atomic E-state index is 0.131. The molecule has 1 amide bonds. The summed E-state index contributed by atoms with van der Waals surface area (Å²) in [7, 11) is 0. The summed E-state index contributed by atoms with van der Waals surface area (Å²) in [4.78, 5) is 22.2. The maximum absolute atomic E-state index is 11.4. The monoisotopic (exact) mass is 218 g/mol. The molecule has 1 aromatic carbocycles. The third kappa shape index (κ3) is 2.05. The molecule has 6 nitrogen and oxygen atoms in total. The third-order valence-corrected chi connectivity index (χ3v) is 2.03. The normalized spacial score (nSPS) is 10.3. The van der Waals surface area contributed by atoms with Gasteiger partial charge in [0.25, 0.3) is 0 Å². The number of fused-ring (bicyclic) bond motifs is 1.